The number of Topliss-reactive ketones (excluding diaryl/α,β-unsaturated/α-hetero) is 1. The van der Waals surface area contributed by atoms with Crippen LogP contribution in [0.25, 0.3) is 0 Å². The van der Waals surface area contributed by atoms with E-state index in [2.05, 4.69) is 4.74 Å². The van der Waals surface area contributed by atoms with Crippen molar-refractivity contribution in [3.63, 3.8) is 0 Å². The van der Waals surface area contributed by atoms with Crippen LogP contribution in [-0.4, -0.2) is 18.9 Å². The fraction of sp³-hybridized carbons (Fsp3) is 0.200. The van der Waals surface area contributed by atoms with Gasteiger partial charge in [-0.05, 0) is 0 Å². The quantitative estimate of drug-likeness (QED) is 0.211. The van der Waals surface area contributed by atoms with E-state index in [4.69, 9.17) is 0 Å². The number of hydrogen-bond acceptors (Lipinski definition) is 3. The van der Waals surface area contributed by atoms with Crippen LogP contribution in [0.2, 0.25) is 0 Å². The molecule has 8 heteroatoms. The molecule has 0 heterocycles. The van der Waals surface area contributed by atoms with Crippen LogP contribution in [0.1, 0.15) is 16.8 Å². The number of benzene rings is 1. The van der Waals surface area contributed by atoms with E-state index in [1.165, 1.54) is 0 Å². The van der Waals surface area contributed by atoms with E-state index in [1.807, 2.05) is 0 Å². The largest absolute Gasteiger partial charge is 0.469 e. The second kappa shape index (κ2) is 5.11. The van der Waals surface area contributed by atoms with Gasteiger partial charge in [-0.2, -0.15) is 0 Å². The maximum Gasteiger partial charge on any atom is 0.313 e. The highest BCUT2D eigenvalue weighted by molar-refractivity contribution is 6.06. The van der Waals surface area contributed by atoms with Crippen LogP contribution in [0.5, 0.6) is 0 Å². The highest BCUT2D eigenvalue weighted by Crippen LogP contribution is 2.24. The van der Waals surface area contributed by atoms with E-state index in [0.29, 0.717) is 0 Å². The average molecular weight is 268 g/mol. The molecular weight excluding hydrogens is 263 g/mol. The van der Waals surface area contributed by atoms with Crippen LogP contribution >= 0.6 is 0 Å². The van der Waals surface area contributed by atoms with Crippen molar-refractivity contribution in [1.82, 2.24) is 0 Å². The molecule has 0 aliphatic carbocycles. The molecule has 0 saturated carbocycles. The maximum atomic E-state index is 13.1. The van der Waals surface area contributed by atoms with E-state index in [-0.39, 0.29) is 0 Å². The lowest BCUT2D eigenvalue weighted by atomic mass is 10.1. The molecule has 0 unspecified atom stereocenters. The maximum absolute atomic E-state index is 13.1. The molecule has 1 aromatic rings. The van der Waals surface area contributed by atoms with Gasteiger partial charge in [0, 0.05) is 0 Å². The first-order valence-corrected chi connectivity index (χ1v) is 4.42. The lowest BCUT2D eigenvalue weighted by molar-refractivity contribution is -0.139. The van der Waals surface area contributed by atoms with Gasteiger partial charge in [-0.1, -0.05) is 0 Å². The number of carbonyl (C=O) groups is 2. The summed E-state index contributed by atoms with van der Waals surface area (Å²) in [7, 11) is 0.897. The Balaban J connectivity index is 3.33. The summed E-state index contributed by atoms with van der Waals surface area (Å²) in [5.74, 6) is -14.1. The Bertz CT molecular complexity index is 498. The highest BCUT2D eigenvalue weighted by atomic mass is 19.2. The number of carbonyl (C=O) groups excluding carboxylic acids is 2. The molecular formula is C10H5F5O3. The lowest BCUT2D eigenvalue weighted by Crippen LogP contribution is -2.16. The summed E-state index contributed by atoms with van der Waals surface area (Å²) in [6.45, 7) is 0. The molecule has 0 bridgehead atoms. The van der Waals surface area contributed by atoms with Crippen molar-refractivity contribution in [2.75, 3.05) is 7.11 Å². The van der Waals surface area contributed by atoms with Gasteiger partial charge in [0.15, 0.2) is 29.1 Å². The van der Waals surface area contributed by atoms with Gasteiger partial charge in [-0.3, -0.25) is 9.59 Å². The van der Waals surface area contributed by atoms with E-state index >= 15 is 0 Å². The molecule has 0 amide bonds. The molecule has 1 aromatic carbocycles. The van der Waals surface area contributed by atoms with Crippen LogP contribution in [0.15, 0.2) is 0 Å². The second-order valence-corrected chi connectivity index (χ2v) is 3.12. The number of methoxy groups -OCH3 is 1. The summed E-state index contributed by atoms with van der Waals surface area (Å²) in [6.07, 6.45) is -1.13. The molecule has 0 radical (unpaired) electrons. The number of hydrogen-bond donors (Lipinski definition) is 0. The fourth-order valence-corrected chi connectivity index (χ4v) is 1.14. The van der Waals surface area contributed by atoms with Crippen molar-refractivity contribution in [1.29, 1.82) is 0 Å². The Kier molecular flexibility index (Phi) is 4.00. The molecule has 0 spiro atoms. The zero-order valence-electron chi connectivity index (χ0n) is 8.82. The number of esters is 1. The number of ketones is 1. The van der Waals surface area contributed by atoms with Gasteiger partial charge in [0.2, 0.25) is 5.82 Å². The van der Waals surface area contributed by atoms with Gasteiger partial charge in [0.25, 0.3) is 0 Å². The number of ether oxygens (including phenoxy) is 1. The summed E-state index contributed by atoms with van der Waals surface area (Å²) < 4.78 is 68.4. The van der Waals surface area contributed by atoms with E-state index in [9.17, 15) is 31.5 Å². The minimum atomic E-state index is -2.38. The molecule has 0 aliphatic heterocycles. The molecule has 0 aromatic heterocycles. The predicted octanol–water partition coefficient (Wildman–Crippen LogP) is 2.13. The van der Waals surface area contributed by atoms with Crippen LogP contribution < -0.4 is 0 Å². The van der Waals surface area contributed by atoms with E-state index in [1.54, 1.807) is 0 Å². The first kappa shape index (κ1) is 14.1. The summed E-state index contributed by atoms with van der Waals surface area (Å²) in [6, 6.07) is 0. The minimum absolute atomic E-state index is 0.897. The standard InChI is InChI=1S/C10H5F5O3/c1-18-4(17)2-3(16)5-6(11)8(13)10(15)9(14)7(5)12/h2H2,1H3. The predicted molar refractivity (Wildman–Crippen MR) is 47.2 cm³/mol. The Morgan fingerprint density at radius 3 is 1.67 bits per heavy atom. The molecule has 0 atom stereocenters. The Labute approximate surface area is 97.2 Å². The third-order valence-electron chi connectivity index (χ3n) is 2.02. The smallest absolute Gasteiger partial charge is 0.313 e. The third kappa shape index (κ3) is 2.31. The summed E-state index contributed by atoms with van der Waals surface area (Å²) >= 11 is 0. The summed E-state index contributed by atoms with van der Waals surface area (Å²) in [4.78, 5) is 21.9. The normalized spacial score (nSPS) is 10.3. The lowest BCUT2D eigenvalue weighted by Gasteiger charge is -2.06. The summed E-state index contributed by atoms with van der Waals surface area (Å²) in [5, 5.41) is 0. The monoisotopic (exact) mass is 268 g/mol. The van der Waals surface area contributed by atoms with Crippen LogP contribution in [0.4, 0.5) is 22.0 Å². The first-order chi connectivity index (χ1) is 8.31. The molecule has 0 fully saturated rings. The average Bonchev–Trinajstić information content (AvgIpc) is 2.34. The Hall–Kier alpha value is -1.99. The number of rotatable bonds is 3. The number of halogens is 5. The highest BCUT2D eigenvalue weighted by Gasteiger charge is 2.30. The van der Waals surface area contributed by atoms with Crippen LogP contribution in [0.3, 0.4) is 0 Å². The second-order valence-electron chi connectivity index (χ2n) is 3.12. The van der Waals surface area contributed by atoms with Crippen molar-refractivity contribution in [3.05, 3.63) is 34.6 Å². The van der Waals surface area contributed by atoms with Crippen molar-refractivity contribution in [3.8, 4) is 0 Å². The third-order valence-corrected chi connectivity index (χ3v) is 2.02. The van der Waals surface area contributed by atoms with Gasteiger partial charge in [0.1, 0.15) is 6.42 Å². The van der Waals surface area contributed by atoms with Gasteiger partial charge < -0.3 is 4.74 Å². The van der Waals surface area contributed by atoms with Gasteiger partial charge >= 0.3 is 5.97 Å². The van der Waals surface area contributed by atoms with Crippen molar-refractivity contribution in [2.45, 2.75) is 6.42 Å². The van der Waals surface area contributed by atoms with Crippen LogP contribution in [-0.2, 0) is 9.53 Å². The molecule has 18 heavy (non-hydrogen) atoms. The fourth-order valence-electron chi connectivity index (χ4n) is 1.14. The zero-order chi connectivity index (χ0) is 14.0. The van der Waals surface area contributed by atoms with Gasteiger partial charge in [-0.25, -0.2) is 22.0 Å². The zero-order valence-corrected chi connectivity index (χ0v) is 8.82. The van der Waals surface area contributed by atoms with Crippen molar-refractivity contribution < 1.29 is 36.3 Å². The van der Waals surface area contributed by atoms with Crippen molar-refractivity contribution in [2.24, 2.45) is 0 Å². The van der Waals surface area contributed by atoms with Crippen LogP contribution in [0, 0.1) is 29.1 Å². The molecule has 0 saturated heterocycles. The molecule has 1 rings (SSSR count). The minimum Gasteiger partial charge on any atom is -0.469 e. The topological polar surface area (TPSA) is 43.4 Å². The molecule has 98 valence electrons. The van der Waals surface area contributed by atoms with Crippen molar-refractivity contribution >= 4 is 11.8 Å². The first-order valence-electron chi connectivity index (χ1n) is 4.42. The van der Waals surface area contributed by atoms with E-state index in [0.717, 1.165) is 7.11 Å². The summed E-state index contributed by atoms with van der Waals surface area (Å²) in [5.41, 5.74) is -1.66. The van der Waals surface area contributed by atoms with Gasteiger partial charge in [-0.15, -0.1) is 0 Å². The Morgan fingerprint density at radius 1 is 0.889 bits per heavy atom. The molecule has 0 N–H and O–H groups in total. The molecule has 0 aliphatic rings. The molecule has 3 nitrogen and oxygen atoms in total. The Morgan fingerprint density at radius 2 is 1.28 bits per heavy atom. The van der Waals surface area contributed by atoms with E-state index < -0.39 is 52.8 Å². The SMILES string of the molecule is COC(=O)CC(=O)c1c(F)c(F)c(F)c(F)c1F. The van der Waals surface area contributed by atoms with Gasteiger partial charge in [0.05, 0.1) is 12.7 Å².